The number of ether oxygens (including phenoxy) is 2. The van der Waals surface area contributed by atoms with Crippen LogP contribution in [0.3, 0.4) is 0 Å². The van der Waals surface area contributed by atoms with Gasteiger partial charge in [0.2, 0.25) is 0 Å². The zero-order valence-electron chi connectivity index (χ0n) is 13.7. The Morgan fingerprint density at radius 1 is 1.14 bits per heavy atom. The Morgan fingerprint density at radius 2 is 1.90 bits per heavy atom. The molecule has 0 unspecified atom stereocenters. The number of rotatable bonds is 9. The van der Waals surface area contributed by atoms with E-state index >= 15 is 0 Å². The fraction of sp³-hybridized carbons (Fsp3) is 0.647. The number of unbranched alkanes of at least 4 members (excludes halogenated alkanes) is 1. The van der Waals surface area contributed by atoms with E-state index in [1.54, 1.807) is 6.07 Å². The second-order valence-corrected chi connectivity index (χ2v) is 6.17. The predicted molar refractivity (Wildman–Crippen MR) is 84.2 cm³/mol. The molecule has 0 saturated heterocycles. The Labute approximate surface area is 127 Å². The maximum atomic E-state index is 13.4. The van der Waals surface area contributed by atoms with E-state index in [1.165, 1.54) is 12.1 Å². The van der Waals surface area contributed by atoms with Crippen molar-refractivity contribution in [2.45, 2.75) is 52.6 Å². The average molecular weight is 297 g/mol. The van der Waals surface area contributed by atoms with Crippen molar-refractivity contribution in [1.82, 2.24) is 5.32 Å². The van der Waals surface area contributed by atoms with Crippen LogP contribution in [0, 0.1) is 5.82 Å². The standard InChI is InChI=1S/C17H28FNO2/c1-5-6-9-20-10-11-21-16-8-7-15(18)12-14(16)13-19-17(2,3)4/h7-8,12,19H,5-6,9-11,13H2,1-4H3. The molecule has 0 spiro atoms. The first-order valence-corrected chi connectivity index (χ1v) is 7.66. The molecule has 3 nitrogen and oxygen atoms in total. The lowest BCUT2D eigenvalue weighted by Gasteiger charge is -2.21. The highest BCUT2D eigenvalue weighted by atomic mass is 19.1. The van der Waals surface area contributed by atoms with Crippen LogP contribution >= 0.6 is 0 Å². The van der Waals surface area contributed by atoms with E-state index in [2.05, 4.69) is 33.0 Å². The number of halogens is 1. The minimum Gasteiger partial charge on any atom is -0.491 e. The van der Waals surface area contributed by atoms with Crippen molar-refractivity contribution in [1.29, 1.82) is 0 Å². The van der Waals surface area contributed by atoms with E-state index in [-0.39, 0.29) is 11.4 Å². The van der Waals surface area contributed by atoms with Crippen molar-refractivity contribution in [2.24, 2.45) is 0 Å². The van der Waals surface area contributed by atoms with Crippen LogP contribution in [0.4, 0.5) is 4.39 Å². The van der Waals surface area contributed by atoms with E-state index in [0.717, 1.165) is 25.0 Å². The predicted octanol–water partition coefficient (Wildman–Crippen LogP) is 3.91. The fourth-order valence-corrected chi connectivity index (χ4v) is 1.75. The van der Waals surface area contributed by atoms with Crippen LogP contribution in [0.15, 0.2) is 18.2 Å². The first-order valence-electron chi connectivity index (χ1n) is 7.66. The summed E-state index contributed by atoms with van der Waals surface area (Å²) in [4.78, 5) is 0. The van der Waals surface area contributed by atoms with Gasteiger partial charge in [-0.05, 0) is 45.4 Å². The topological polar surface area (TPSA) is 30.5 Å². The van der Waals surface area contributed by atoms with E-state index < -0.39 is 0 Å². The number of hydrogen-bond donors (Lipinski definition) is 1. The van der Waals surface area contributed by atoms with Gasteiger partial charge >= 0.3 is 0 Å². The number of benzene rings is 1. The van der Waals surface area contributed by atoms with Gasteiger partial charge in [0, 0.05) is 24.3 Å². The molecule has 0 fully saturated rings. The molecule has 0 aliphatic rings. The van der Waals surface area contributed by atoms with Crippen LogP contribution in [0.25, 0.3) is 0 Å². The summed E-state index contributed by atoms with van der Waals surface area (Å²) in [5.74, 6) is 0.472. The molecule has 0 aliphatic heterocycles. The molecule has 0 radical (unpaired) electrons. The largest absolute Gasteiger partial charge is 0.491 e. The Morgan fingerprint density at radius 3 is 2.57 bits per heavy atom. The minimum atomic E-state index is -0.243. The van der Waals surface area contributed by atoms with Crippen molar-refractivity contribution in [3.8, 4) is 5.75 Å². The van der Waals surface area contributed by atoms with E-state index in [4.69, 9.17) is 9.47 Å². The van der Waals surface area contributed by atoms with Gasteiger partial charge in [0.25, 0.3) is 0 Å². The second-order valence-electron chi connectivity index (χ2n) is 6.17. The molecule has 0 aliphatic carbocycles. The summed E-state index contributed by atoms with van der Waals surface area (Å²) in [5, 5.41) is 3.35. The monoisotopic (exact) mass is 297 g/mol. The van der Waals surface area contributed by atoms with Gasteiger partial charge in [0.05, 0.1) is 6.61 Å². The molecule has 0 heterocycles. The van der Waals surface area contributed by atoms with Gasteiger partial charge in [-0.2, -0.15) is 0 Å². The number of hydrogen-bond acceptors (Lipinski definition) is 3. The van der Waals surface area contributed by atoms with Gasteiger partial charge in [-0.25, -0.2) is 4.39 Å². The van der Waals surface area contributed by atoms with Crippen molar-refractivity contribution in [3.05, 3.63) is 29.6 Å². The molecule has 4 heteroatoms. The zero-order valence-corrected chi connectivity index (χ0v) is 13.7. The molecule has 1 aromatic rings. The highest BCUT2D eigenvalue weighted by Crippen LogP contribution is 2.20. The van der Waals surface area contributed by atoms with Gasteiger partial charge in [0.1, 0.15) is 18.2 Å². The third kappa shape index (κ3) is 8.02. The molecular weight excluding hydrogens is 269 g/mol. The summed E-state index contributed by atoms with van der Waals surface area (Å²) in [6.45, 7) is 10.8. The van der Waals surface area contributed by atoms with Crippen LogP contribution in [0.5, 0.6) is 5.75 Å². The summed E-state index contributed by atoms with van der Waals surface area (Å²) in [6, 6.07) is 4.63. The molecule has 21 heavy (non-hydrogen) atoms. The maximum absolute atomic E-state index is 13.4. The Kier molecular flexibility index (Phi) is 7.68. The van der Waals surface area contributed by atoms with Crippen LogP contribution in [-0.2, 0) is 11.3 Å². The van der Waals surface area contributed by atoms with Crippen LogP contribution < -0.4 is 10.1 Å². The van der Waals surface area contributed by atoms with Crippen molar-refractivity contribution < 1.29 is 13.9 Å². The highest BCUT2D eigenvalue weighted by molar-refractivity contribution is 5.34. The van der Waals surface area contributed by atoms with Crippen LogP contribution in [0.1, 0.15) is 46.1 Å². The zero-order chi connectivity index (χ0) is 15.7. The van der Waals surface area contributed by atoms with E-state index in [0.29, 0.717) is 25.5 Å². The van der Waals surface area contributed by atoms with Crippen LogP contribution in [0.2, 0.25) is 0 Å². The summed E-state index contributed by atoms with van der Waals surface area (Å²) >= 11 is 0. The Hall–Kier alpha value is -1.13. The van der Waals surface area contributed by atoms with E-state index in [9.17, 15) is 4.39 Å². The van der Waals surface area contributed by atoms with Crippen LogP contribution in [-0.4, -0.2) is 25.4 Å². The average Bonchev–Trinajstić information content (AvgIpc) is 2.41. The maximum Gasteiger partial charge on any atom is 0.124 e. The Balaban J connectivity index is 2.48. The van der Waals surface area contributed by atoms with E-state index in [1.807, 2.05) is 0 Å². The minimum absolute atomic E-state index is 0.0210. The third-order valence-electron chi connectivity index (χ3n) is 2.96. The Bertz CT molecular complexity index is 416. The highest BCUT2D eigenvalue weighted by Gasteiger charge is 2.11. The number of nitrogens with one attached hydrogen (secondary N) is 1. The van der Waals surface area contributed by atoms with Gasteiger partial charge in [-0.3, -0.25) is 0 Å². The molecular formula is C17H28FNO2. The lowest BCUT2D eigenvalue weighted by Crippen LogP contribution is -2.35. The summed E-state index contributed by atoms with van der Waals surface area (Å²) < 4.78 is 24.6. The van der Waals surface area contributed by atoms with Gasteiger partial charge < -0.3 is 14.8 Å². The molecule has 0 atom stereocenters. The summed E-state index contributed by atoms with van der Waals surface area (Å²) in [5.41, 5.74) is 0.811. The summed E-state index contributed by atoms with van der Waals surface area (Å²) in [7, 11) is 0. The van der Waals surface area contributed by atoms with Gasteiger partial charge in [-0.1, -0.05) is 13.3 Å². The van der Waals surface area contributed by atoms with Crippen molar-refractivity contribution in [3.63, 3.8) is 0 Å². The molecule has 0 aromatic heterocycles. The smallest absolute Gasteiger partial charge is 0.124 e. The molecule has 0 amide bonds. The fourth-order valence-electron chi connectivity index (χ4n) is 1.75. The molecule has 1 N–H and O–H groups in total. The summed E-state index contributed by atoms with van der Waals surface area (Å²) in [6.07, 6.45) is 2.19. The molecule has 1 aromatic carbocycles. The van der Waals surface area contributed by atoms with Gasteiger partial charge in [-0.15, -0.1) is 0 Å². The first kappa shape index (κ1) is 17.9. The van der Waals surface area contributed by atoms with Gasteiger partial charge in [0.15, 0.2) is 0 Å². The molecule has 120 valence electrons. The molecule has 0 saturated carbocycles. The first-order chi connectivity index (χ1) is 9.92. The molecule has 1 rings (SSSR count). The van der Waals surface area contributed by atoms with Crippen molar-refractivity contribution >= 4 is 0 Å². The lowest BCUT2D eigenvalue weighted by atomic mass is 10.1. The molecule has 0 bridgehead atoms. The second kappa shape index (κ2) is 9.00. The quantitative estimate of drug-likeness (QED) is 0.701. The third-order valence-corrected chi connectivity index (χ3v) is 2.96. The van der Waals surface area contributed by atoms with Crippen molar-refractivity contribution in [2.75, 3.05) is 19.8 Å². The lowest BCUT2D eigenvalue weighted by molar-refractivity contribution is 0.0976. The SMILES string of the molecule is CCCCOCCOc1ccc(F)cc1CNC(C)(C)C. The normalized spacial score (nSPS) is 11.7.